The number of hydrogen-bond acceptors (Lipinski definition) is 3. The van der Waals surface area contributed by atoms with Gasteiger partial charge >= 0.3 is 6.03 Å². The number of fused-ring (bicyclic) bond motifs is 1. The lowest BCUT2D eigenvalue weighted by molar-refractivity contribution is 0.00221. The number of amides is 2. The van der Waals surface area contributed by atoms with Crippen molar-refractivity contribution < 1.29 is 9.53 Å². The SMILES string of the molecule is CCN(C[C@@H]1CCCCO1)C(=O)Nc1cccc2cnccc12. The average Bonchev–Trinajstić information content (AvgIpc) is 2.61. The van der Waals surface area contributed by atoms with Gasteiger partial charge in [0.25, 0.3) is 0 Å². The molecular formula is C18H23N3O2. The molecule has 1 saturated heterocycles. The maximum Gasteiger partial charge on any atom is 0.321 e. The van der Waals surface area contributed by atoms with E-state index in [-0.39, 0.29) is 12.1 Å². The van der Waals surface area contributed by atoms with Gasteiger partial charge in [-0.25, -0.2) is 4.79 Å². The monoisotopic (exact) mass is 313 g/mol. The van der Waals surface area contributed by atoms with Gasteiger partial charge in [0.1, 0.15) is 0 Å². The Labute approximate surface area is 136 Å². The molecular weight excluding hydrogens is 290 g/mol. The quantitative estimate of drug-likeness (QED) is 0.937. The second-order valence-electron chi connectivity index (χ2n) is 5.86. The van der Waals surface area contributed by atoms with Crippen molar-refractivity contribution in [3.63, 3.8) is 0 Å². The van der Waals surface area contributed by atoms with Crippen LogP contribution >= 0.6 is 0 Å². The smallest absolute Gasteiger partial charge is 0.321 e. The van der Waals surface area contributed by atoms with Crippen LogP contribution in [-0.4, -0.2) is 41.7 Å². The Balaban J connectivity index is 1.70. The van der Waals surface area contributed by atoms with E-state index in [4.69, 9.17) is 4.74 Å². The molecule has 122 valence electrons. The maximum absolute atomic E-state index is 12.6. The van der Waals surface area contributed by atoms with Crippen LogP contribution in [0.25, 0.3) is 10.8 Å². The number of hydrogen-bond donors (Lipinski definition) is 1. The molecule has 5 nitrogen and oxygen atoms in total. The van der Waals surface area contributed by atoms with E-state index < -0.39 is 0 Å². The molecule has 1 aliphatic heterocycles. The molecule has 0 saturated carbocycles. The van der Waals surface area contributed by atoms with Crippen molar-refractivity contribution in [3.05, 3.63) is 36.7 Å². The van der Waals surface area contributed by atoms with Crippen LogP contribution in [0.3, 0.4) is 0 Å². The number of carbonyl (C=O) groups excluding carboxylic acids is 1. The number of anilines is 1. The fraction of sp³-hybridized carbons (Fsp3) is 0.444. The van der Waals surface area contributed by atoms with Gasteiger partial charge in [-0.3, -0.25) is 4.98 Å². The summed E-state index contributed by atoms with van der Waals surface area (Å²) < 4.78 is 5.75. The van der Waals surface area contributed by atoms with Crippen molar-refractivity contribution in [2.24, 2.45) is 0 Å². The molecule has 0 spiro atoms. The fourth-order valence-corrected chi connectivity index (χ4v) is 2.98. The summed E-state index contributed by atoms with van der Waals surface area (Å²) in [5.74, 6) is 0. The van der Waals surface area contributed by atoms with E-state index in [9.17, 15) is 4.79 Å². The van der Waals surface area contributed by atoms with Gasteiger partial charge in [0, 0.05) is 42.9 Å². The molecule has 1 aromatic carbocycles. The van der Waals surface area contributed by atoms with Crippen molar-refractivity contribution >= 4 is 22.5 Å². The molecule has 5 heteroatoms. The van der Waals surface area contributed by atoms with Crippen LogP contribution in [0.1, 0.15) is 26.2 Å². The molecule has 23 heavy (non-hydrogen) atoms. The second kappa shape index (κ2) is 7.42. The molecule has 1 aromatic heterocycles. The number of ether oxygens (including phenoxy) is 1. The normalized spacial score (nSPS) is 17.9. The number of likely N-dealkylation sites (N-methyl/N-ethyl adjacent to an activating group) is 1. The van der Waals surface area contributed by atoms with Crippen LogP contribution in [0, 0.1) is 0 Å². The van der Waals surface area contributed by atoms with E-state index in [2.05, 4.69) is 10.3 Å². The number of pyridine rings is 1. The minimum absolute atomic E-state index is 0.0778. The van der Waals surface area contributed by atoms with E-state index in [0.717, 1.165) is 35.9 Å². The second-order valence-corrected chi connectivity index (χ2v) is 5.86. The largest absolute Gasteiger partial charge is 0.376 e. The molecule has 2 amide bonds. The zero-order valence-corrected chi connectivity index (χ0v) is 13.5. The highest BCUT2D eigenvalue weighted by Gasteiger charge is 2.20. The molecule has 0 aliphatic carbocycles. The summed E-state index contributed by atoms with van der Waals surface area (Å²) >= 11 is 0. The third-order valence-corrected chi connectivity index (χ3v) is 4.29. The Morgan fingerprint density at radius 3 is 3.09 bits per heavy atom. The number of benzene rings is 1. The van der Waals surface area contributed by atoms with Gasteiger partial charge < -0.3 is 15.0 Å². The fourth-order valence-electron chi connectivity index (χ4n) is 2.98. The van der Waals surface area contributed by atoms with E-state index in [1.165, 1.54) is 6.42 Å². The summed E-state index contributed by atoms with van der Waals surface area (Å²) in [6.07, 6.45) is 7.04. The lowest BCUT2D eigenvalue weighted by Crippen LogP contribution is -2.41. The van der Waals surface area contributed by atoms with Gasteiger partial charge in [-0.2, -0.15) is 0 Å². The topological polar surface area (TPSA) is 54.5 Å². The van der Waals surface area contributed by atoms with E-state index >= 15 is 0 Å². The number of rotatable bonds is 4. The number of nitrogens with zero attached hydrogens (tertiary/aromatic N) is 2. The third-order valence-electron chi connectivity index (χ3n) is 4.29. The summed E-state index contributed by atoms with van der Waals surface area (Å²) in [6.45, 7) is 4.11. The van der Waals surface area contributed by atoms with Gasteiger partial charge in [0.2, 0.25) is 0 Å². The Kier molecular flexibility index (Phi) is 5.08. The van der Waals surface area contributed by atoms with Crippen molar-refractivity contribution in [1.82, 2.24) is 9.88 Å². The van der Waals surface area contributed by atoms with Crippen LogP contribution in [0.2, 0.25) is 0 Å². The third kappa shape index (κ3) is 3.79. The Morgan fingerprint density at radius 2 is 2.30 bits per heavy atom. The predicted octanol–water partition coefficient (Wildman–Crippen LogP) is 3.66. The Bertz CT molecular complexity index is 663. The molecule has 0 bridgehead atoms. The van der Waals surface area contributed by atoms with Gasteiger partial charge in [0.05, 0.1) is 11.8 Å². The summed E-state index contributed by atoms with van der Waals surface area (Å²) in [6, 6.07) is 7.69. The lowest BCUT2D eigenvalue weighted by atomic mass is 10.1. The minimum atomic E-state index is -0.0778. The van der Waals surface area contributed by atoms with Crippen LogP contribution in [-0.2, 0) is 4.74 Å². The average molecular weight is 313 g/mol. The van der Waals surface area contributed by atoms with E-state index in [1.54, 1.807) is 12.4 Å². The molecule has 2 aromatic rings. The number of nitrogens with one attached hydrogen (secondary N) is 1. The summed E-state index contributed by atoms with van der Waals surface area (Å²) in [4.78, 5) is 18.5. The highest BCUT2D eigenvalue weighted by atomic mass is 16.5. The Hall–Kier alpha value is -2.14. The highest BCUT2D eigenvalue weighted by molar-refractivity contribution is 6.01. The molecule has 1 N–H and O–H groups in total. The van der Waals surface area contributed by atoms with Crippen LogP contribution < -0.4 is 5.32 Å². The summed E-state index contributed by atoms with van der Waals surface area (Å²) in [7, 11) is 0. The lowest BCUT2D eigenvalue weighted by Gasteiger charge is -2.29. The van der Waals surface area contributed by atoms with Crippen LogP contribution in [0.15, 0.2) is 36.7 Å². The van der Waals surface area contributed by atoms with E-state index in [1.807, 2.05) is 36.1 Å². The molecule has 0 radical (unpaired) electrons. The highest BCUT2D eigenvalue weighted by Crippen LogP contribution is 2.22. The van der Waals surface area contributed by atoms with Crippen molar-refractivity contribution in [3.8, 4) is 0 Å². The molecule has 0 unspecified atom stereocenters. The standard InChI is InChI=1S/C18H23N3O2/c1-2-21(13-15-7-3-4-11-23-15)18(22)20-17-8-5-6-14-12-19-10-9-16(14)17/h5-6,8-10,12,15H,2-4,7,11,13H2,1H3,(H,20,22)/t15-/m0/s1. The van der Waals surface area contributed by atoms with E-state index in [0.29, 0.717) is 13.1 Å². The van der Waals surface area contributed by atoms with Crippen molar-refractivity contribution in [1.29, 1.82) is 0 Å². The molecule has 1 fully saturated rings. The summed E-state index contributed by atoms with van der Waals surface area (Å²) in [5, 5.41) is 5.05. The van der Waals surface area contributed by atoms with Crippen molar-refractivity contribution in [2.75, 3.05) is 25.0 Å². The zero-order chi connectivity index (χ0) is 16.1. The van der Waals surface area contributed by atoms with Crippen LogP contribution in [0.4, 0.5) is 10.5 Å². The van der Waals surface area contributed by atoms with Crippen LogP contribution in [0.5, 0.6) is 0 Å². The van der Waals surface area contributed by atoms with Crippen molar-refractivity contribution in [2.45, 2.75) is 32.3 Å². The predicted molar refractivity (Wildman–Crippen MR) is 91.6 cm³/mol. The number of carbonyl (C=O) groups is 1. The first-order valence-electron chi connectivity index (χ1n) is 8.28. The van der Waals surface area contributed by atoms with Gasteiger partial charge in [-0.15, -0.1) is 0 Å². The number of urea groups is 1. The first-order chi connectivity index (χ1) is 11.3. The summed E-state index contributed by atoms with van der Waals surface area (Å²) in [5.41, 5.74) is 0.818. The maximum atomic E-state index is 12.6. The zero-order valence-electron chi connectivity index (χ0n) is 13.5. The molecule has 2 heterocycles. The molecule has 1 atom stereocenters. The molecule has 3 rings (SSSR count). The van der Waals surface area contributed by atoms with Gasteiger partial charge in [-0.1, -0.05) is 12.1 Å². The minimum Gasteiger partial charge on any atom is -0.376 e. The number of aromatic nitrogens is 1. The first kappa shape index (κ1) is 15.7. The Morgan fingerprint density at radius 1 is 1.39 bits per heavy atom. The first-order valence-corrected chi connectivity index (χ1v) is 8.28. The van der Waals surface area contributed by atoms with Gasteiger partial charge in [-0.05, 0) is 38.3 Å². The molecule has 1 aliphatic rings. The van der Waals surface area contributed by atoms with Gasteiger partial charge in [0.15, 0.2) is 0 Å².